The molecule has 0 aliphatic rings. The Morgan fingerprint density at radius 1 is 1.12 bits per heavy atom. The smallest absolute Gasteiger partial charge is 0.308 e. The molecule has 2 aromatic heterocycles. The molecule has 2 amide bonds. The third-order valence-electron chi connectivity index (χ3n) is 3.80. The number of amides is 2. The molecule has 0 spiro atoms. The van der Waals surface area contributed by atoms with E-state index >= 15 is 0 Å². The minimum atomic E-state index is -0.335. The Labute approximate surface area is 156 Å². The molecule has 0 aliphatic heterocycles. The second-order valence-electron chi connectivity index (χ2n) is 6.47. The van der Waals surface area contributed by atoms with E-state index in [1.54, 1.807) is 12.4 Å². The Hall–Kier alpha value is -2.80. The van der Waals surface area contributed by atoms with Crippen LogP contribution in [0, 0.1) is 12.8 Å². The lowest BCUT2D eigenvalue weighted by atomic mass is 9.98. The summed E-state index contributed by atoms with van der Waals surface area (Å²) >= 11 is 1.32. The molecule has 0 fully saturated rings. The fourth-order valence-corrected chi connectivity index (χ4v) is 3.33. The normalized spacial score (nSPS) is 10.8. The molecule has 26 heavy (non-hydrogen) atoms. The molecule has 0 bridgehead atoms. The minimum absolute atomic E-state index is 0.335. The topological polar surface area (TPSA) is 79.8 Å². The lowest BCUT2D eigenvalue weighted by Crippen LogP contribution is -2.19. The second kappa shape index (κ2) is 8.05. The summed E-state index contributed by atoms with van der Waals surface area (Å²) in [5.74, 6) is 0.600. The molecule has 1 aromatic carbocycles. The Bertz CT molecular complexity index is 892. The van der Waals surface area contributed by atoms with Crippen LogP contribution < -0.4 is 10.6 Å². The van der Waals surface area contributed by atoms with Crippen molar-refractivity contribution in [1.82, 2.24) is 15.2 Å². The highest BCUT2D eigenvalue weighted by Crippen LogP contribution is 2.25. The summed E-state index contributed by atoms with van der Waals surface area (Å²) < 4.78 is 0. The van der Waals surface area contributed by atoms with Crippen LogP contribution in [-0.2, 0) is 6.42 Å². The number of aromatic nitrogens is 3. The van der Waals surface area contributed by atoms with Crippen molar-refractivity contribution in [1.29, 1.82) is 0 Å². The number of hydrogen-bond acceptors (Lipinski definition) is 5. The molecule has 6 nitrogen and oxygen atoms in total. The highest BCUT2D eigenvalue weighted by atomic mass is 32.1. The number of aryl methyl sites for hydroxylation is 1. The third kappa shape index (κ3) is 4.64. The van der Waals surface area contributed by atoms with Crippen molar-refractivity contribution >= 4 is 28.2 Å². The van der Waals surface area contributed by atoms with E-state index < -0.39 is 0 Å². The lowest BCUT2D eigenvalue weighted by Gasteiger charge is -2.11. The Morgan fingerprint density at radius 2 is 1.88 bits per heavy atom. The van der Waals surface area contributed by atoms with Crippen LogP contribution in [0.2, 0.25) is 0 Å². The second-order valence-corrected chi connectivity index (χ2v) is 7.44. The fraction of sp³-hybridized carbons (Fsp3) is 0.263. The zero-order valence-electron chi connectivity index (χ0n) is 15.0. The Morgan fingerprint density at radius 3 is 2.58 bits per heavy atom. The number of pyridine rings is 1. The van der Waals surface area contributed by atoms with Gasteiger partial charge in [-0.1, -0.05) is 31.3 Å². The Balaban J connectivity index is 1.63. The van der Waals surface area contributed by atoms with Crippen LogP contribution in [0.5, 0.6) is 0 Å². The van der Waals surface area contributed by atoms with Crippen LogP contribution in [0.15, 0.2) is 42.7 Å². The zero-order valence-corrected chi connectivity index (χ0v) is 15.8. The number of nitrogens with one attached hydrogen (secondary N) is 2. The maximum atomic E-state index is 12.2. The van der Waals surface area contributed by atoms with E-state index in [9.17, 15) is 4.79 Å². The van der Waals surface area contributed by atoms with E-state index in [0.29, 0.717) is 11.0 Å². The number of benzene rings is 1. The number of anilines is 2. The standard InChI is InChI=1S/C19H21N5OS/c1-12(2)10-15-4-5-16(11-13(15)3)21-18(25)22-19-24-23-17(26-19)14-6-8-20-9-7-14/h4-9,11-12H,10H2,1-3H3,(H2,21,22,24,25). The monoisotopic (exact) mass is 367 g/mol. The molecule has 2 heterocycles. The van der Waals surface area contributed by atoms with Gasteiger partial charge in [-0.3, -0.25) is 10.3 Å². The predicted molar refractivity (Wildman–Crippen MR) is 106 cm³/mol. The summed E-state index contributed by atoms with van der Waals surface area (Å²) in [7, 11) is 0. The summed E-state index contributed by atoms with van der Waals surface area (Å²) in [5, 5.41) is 14.9. The average Bonchev–Trinajstić information content (AvgIpc) is 3.06. The van der Waals surface area contributed by atoms with Crippen molar-refractivity contribution < 1.29 is 4.79 Å². The Kier molecular flexibility index (Phi) is 5.58. The van der Waals surface area contributed by atoms with Crippen molar-refractivity contribution in [3.05, 3.63) is 53.9 Å². The molecule has 3 rings (SSSR count). The first kappa shape index (κ1) is 18.0. The van der Waals surface area contributed by atoms with Crippen LogP contribution in [0.4, 0.5) is 15.6 Å². The van der Waals surface area contributed by atoms with Gasteiger partial charge in [0.15, 0.2) is 0 Å². The van der Waals surface area contributed by atoms with Gasteiger partial charge >= 0.3 is 6.03 Å². The third-order valence-corrected chi connectivity index (χ3v) is 4.69. The summed E-state index contributed by atoms with van der Waals surface area (Å²) in [6.45, 7) is 6.45. The molecule has 0 saturated carbocycles. The maximum Gasteiger partial charge on any atom is 0.325 e. The van der Waals surface area contributed by atoms with Crippen molar-refractivity contribution in [2.45, 2.75) is 27.2 Å². The number of hydrogen-bond donors (Lipinski definition) is 2. The molecular weight excluding hydrogens is 346 g/mol. The molecule has 7 heteroatoms. The van der Waals surface area contributed by atoms with Crippen LogP contribution in [0.1, 0.15) is 25.0 Å². The van der Waals surface area contributed by atoms with Crippen LogP contribution in [0.3, 0.4) is 0 Å². The van der Waals surface area contributed by atoms with E-state index in [1.165, 1.54) is 22.5 Å². The largest absolute Gasteiger partial charge is 0.325 e. The SMILES string of the molecule is Cc1cc(NC(=O)Nc2nnc(-c3ccncc3)s2)ccc1CC(C)C. The van der Waals surface area contributed by atoms with E-state index in [2.05, 4.69) is 52.7 Å². The van der Waals surface area contributed by atoms with Crippen molar-refractivity contribution in [2.24, 2.45) is 5.92 Å². The minimum Gasteiger partial charge on any atom is -0.308 e. The van der Waals surface area contributed by atoms with Gasteiger partial charge in [-0.25, -0.2) is 4.79 Å². The van der Waals surface area contributed by atoms with Gasteiger partial charge in [-0.05, 0) is 54.7 Å². The summed E-state index contributed by atoms with van der Waals surface area (Å²) in [4.78, 5) is 16.2. The van der Waals surface area contributed by atoms with Gasteiger partial charge in [0.25, 0.3) is 0 Å². The fourth-order valence-electron chi connectivity index (χ4n) is 2.59. The molecule has 134 valence electrons. The van der Waals surface area contributed by atoms with Crippen molar-refractivity contribution in [3.8, 4) is 10.6 Å². The number of rotatable bonds is 5. The highest BCUT2D eigenvalue weighted by Gasteiger charge is 2.10. The van der Waals surface area contributed by atoms with Crippen LogP contribution in [0.25, 0.3) is 10.6 Å². The molecular formula is C19H21N5OS. The van der Waals surface area contributed by atoms with Gasteiger partial charge < -0.3 is 5.32 Å². The van der Waals surface area contributed by atoms with Gasteiger partial charge in [0, 0.05) is 23.6 Å². The van der Waals surface area contributed by atoms with Gasteiger partial charge in [0.1, 0.15) is 5.01 Å². The van der Waals surface area contributed by atoms with Crippen LogP contribution >= 0.6 is 11.3 Å². The van der Waals surface area contributed by atoms with E-state index in [4.69, 9.17) is 0 Å². The quantitative estimate of drug-likeness (QED) is 0.682. The summed E-state index contributed by atoms with van der Waals surface area (Å²) in [6.07, 6.45) is 4.42. The number of carbonyl (C=O) groups excluding carboxylic acids is 1. The number of carbonyl (C=O) groups is 1. The van der Waals surface area contributed by atoms with Gasteiger partial charge in [0.2, 0.25) is 5.13 Å². The first-order valence-electron chi connectivity index (χ1n) is 8.42. The highest BCUT2D eigenvalue weighted by molar-refractivity contribution is 7.18. The van der Waals surface area contributed by atoms with Crippen LogP contribution in [-0.4, -0.2) is 21.2 Å². The van der Waals surface area contributed by atoms with Crippen molar-refractivity contribution in [3.63, 3.8) is 0 Å². The molecule has 0 aliphatic carbocycles. The molecule has 3 aromatic rings. The van der Waals surface area contributed by atoms with E-state index in [1.807, 2.05) is 24.3 Å². The molecule has 0 atom stereocenters. The molecule has 0 saturated heterocycles. The van der Waals surface area contributed by atoms with Gasteiger partial charge in [-0.15, -0.1) is 10.2 Å². The summed E-state index contributed by atoms with van der Waals surface area (Å²) in [5.41, 5.74) is 4.15. The first-order chi connectivity index (χ1) is 12.5. The van der Waals surface area contributed by atoms with Gasteiger partial charge in [-0.2, -0.15) is 0 Å². The van der Waals surface area contributed by atoms with E-state index in [0.717, 1.165) is 22.7 Å². The average molecular weight is 367 g/mol. The van der Waals surface area contributed by atoms with Gasteiger partial charge in [0.05, 0.1) is 0 Å². The zero-order chi connectivity index (χ0) is 18.5. The first-order valence-corrected chi connectivity index (χ1v) is 9.24. The molecule has 2 N–H and O–H groups in total. The number of nitrogens with zero attached hydrogens (tertiary/aromatic N) is 3. The lowest BCUT2D eigenvalue weighted by molar-refractivity contribution is 0.262. The predicted octanol–water partition coefficient (Wildman–Crippen LogP) is 4.75. The number of urea groups is 1. The summed E-state index contributed by atoms with van der Waals surface area (Å²) in [6, 6.07) is 9.35. The molecule has 0 radical (unpaired) electrons. The maximum absolute atomic E-state index is 12.2. The molecule has 0 unspecified atom stereocenters. The van der Waals surface area contributed by atoms with E-state index in [-0.39, 0.29) is 6.03 Å². The van der Waals surface area contributed by atoms with Crippen molar-refractivity contribution in [2.75, 3.05) is 10.6 Å².